The van der Waals surface area contributed by atoms with Crippen LogP contribution >= 0.6 is 15.9 Å². The van der Waals surface area contributed by atoms with E-state index < -0.39 is 0 Å². The van der Waals surface area contributed by atoms with E-state index >= 15 is 0 Å². The average molecular weight is 269 g/mol. The summed E-state index contributed by atoms with van der Waals surface area (Å²) in [5.41, 5.74) is 1.99. The number of nitrogens with zero attached hydrogens (tertiary/aromatic N) is 1. The van der Waals surface area contributed by atoms with Gasteiger partial charge in [-0.15, -0.1) is 0 Å². The summed E-state index contributed by atoms with van der Waals surface area (Å²) in [7, 11) is 0. The van der Waals surface area contributed by atoms with Crippen LogP contribution in [0.25, 0.3) is 0 Å². The zero-order valence-electron chi connectivity index (χ0n) is 8.59. The van der Waals surface area contributed by atoms with Gasteiger partial charge < -0.3 is 10.2 Å². The normalized spacial score (nSPS) is 15.2. The Morgan fingerprint density at radius 3 is 3.07 bits per heavy atom. The molecule has 1 amide bonds. The Hall–Kier alpha value is -1.03. The van der Waals surface area contributed by atoms with Crippen LogP contribution in [-0.4, -0.2) is 19.0 Å². The number of hydrogen-bond donors (Lipinski definition) is 1. The Morgan fingerprint density at radius 2 is 2.33 bits per heavy atom. The number of carbonyl (C=O) groups is 1. The van der Waals surface area contributed by atoms with Gasteiger partial charge in [0.15, 0.2) is 0 Å². The molecule has 80 valence electrons. The van der Waals surface area contributed by atoms with E-state index in [1.807, 2.05) is 23.1 Å². The molecule has 1 heterocycles. The van der Waals surface area contributed by atoms with Crippen LogP contribution in [0.2, 0.25) is 0 Å². The Morgan fingerprint density at radius 1 is 1.53 bits per heavy atom. The standard InChI is InChI=1S/C11H13BrN2O/c1-8(15)14-7-3-6-13-10-5-2-4-9(12)11(10)14/h2,4-5,13H,3,6-7H2,1H3. The van der Waals surface area contributed by atoms with Gasteiger partial charge in [-0.2, -0.15) is 0 Å². The first-order valence-electron chi connectivity index (χ1n) is 5.00. The predicted molar refractivity (Wildman–Crippen MR) is 65.3 cm³/mol. The summed E-state index contributed by atoms with van der Waals surface area (Å²) in [6.07, 6.45) is 0.973. The van der Waals surface area contributed by atoms with Gasteiger partial charge in [-0.25, -0.2) is 0 Å². The molecule has 0 saturated heterocycles. The third kappa shape index (κ3) is 2.00. The molecule has 0 fully saturated rings. The third-order valence-corrected chi connectivity index (χ3v) is 3.15. The largest absolute Gasteiger partial charge is 0.383 e. The van der Waals surface area contributed by atoms with Gasteiger partial charge in [0, 0.05) is 24.5 Å². The number of benzene rings is 1. The molecule has 2 rings (SSSR count). The lowest BCUT2D eigenvalue weighted by Gasteiger charge is -2.21. The minimum atomic E-state index is 0.0897. The topological polar surface area (TPSA) is 32.3 Å². The molecule has 0 saturated carbocycles. The second kappa shape index (κ2) is 4.23. The summed E-state index contributed by atoms with van der Waals surface area (Å²) in [6.45, 7) is 3.29. The lowest BCUT2D eigenvalue weighted by molar-refractivity contribution is -0.116. The maximum absolute atomic E-state index is 11.5. The number of halogens is 1. The lowest BCUT2D eigenvalue weighted by atomic mass is 10.2. The molecule has 0 bridgehead atoms. The van der Waals surface area contributed by atoms with Gasteiger partial charge in [0.1, 0.15) is 0 Å². The highest BCUT2D eigenvalue weighted by molar-refractivity contribution is 9.10. The summed E-state index contributed by atoms with van der Waals surface area (Å²) in [5, 5.41) is 3.33. The number of rotatable bonds is 0. The van der Waals surface area contributed by atoms with E-state index in [-0.39, 0.29) is 5.91 Å². The minimum Gasteiger partial charge on any atom is -0.383 e. The van der Waals surface area contributed by atoms with Crippen LogP contribution in [0.5, 0.6) is 0 Å². The molecular formula is C11H13BrN2O. The summed E-state index contributed by atoms with van der Waals surface area (Å²) in [5.74, 6) is 0.0897. The van der Waals surface area contributed by atoms with E-state index in [0.29, 0.717) is 0 Å². The minimum absolute atomic E-state index is 0.0897. The van der Waals surface area contributed by atoms with Crippen molar-refractivity contribution in [1.82, 2.24) is 0 Å². The van der Waals surface area contributed by atoms with Crippen molar-refractivity contribution in [2.45, 2.75) is 13.3 Å². The second-order valence-corrected chi connectivity index (χ2v) is 4.44. The molecule has 15 heavy (non-hydrogen) atoms. The fourth-order valence-corrected chi connectivity index (χ4v) is 2.40. The molecule has 0 unspecified atom stereocenters. The fourth-order valence-electron chi connectivity index (χ4n) is 1.82. The highest BCUT2D eigenvalue weighted by atomic mass is 79.9. The maximum atomic E-state index is 11.5. The van der Waals surface area contributed by atoms with E-state index in [2.05, 4.69) is 21.2 Å². The zero-order chi connectivity index (χ0) is 10.8. The van der Waals surface area contributed by atoms with Crippen LogP contribution in [0, 0.1) is 0 Å². The first-order chi connectivity index (χ1) is 7.20. The molecule has 4 heteroatoms. The molecule has 0 radical (unpaired) electrons. The van der Waals surface area contributed by atoms with Gasteiger partial charge in [0.2, 0.25) is 5.91 Å². The SMILES string of the molecule is CC(=O)N1CCCNc2cccc(Br)c21. The average Bonchev–Trinajstić information content (AvgIpc) is 2.40. The quantitative estimate of drug-likeness (QED) is 0.785. The Bertz CT molecular complexity index is 392. The predicted octanol–water partition coefficient (Wildman–Crippen LogP) is 2.62. The summed E-state index contributed by atoms with van der Waals surface area (Å²) < 4.78 is 0.963. The van der Waals surface area contributed by atoms with E-state index in [1.165, 1.54) is 0 Å². The molecule has 0 aromatic heterocycles. The van der Waals surface area contributed by atoms with Gasteiger partial charge >= 0.3 is 0 Å². The summed E-state index contributed by atoms with van der Waals surface area (Å²) >= 11 is 3.49. The monoisotopic (exact) mass is 268 g/mol. The van der Waals surface area contributed by atoms with Crippen LogP contribution in [0.1, 0.15) is 13.3 Å². The van der Waals surface area contributed by atoms with Crippen molar-refractivity contribution in [2.24, 2.45) is 0 Å². The molecule has 1 N–H and O–H groups in total. The molecule has 1 aromatic carbocycles. The van der Waals surface area contributed by atoms with Crippen molar-refractivity contribution in [3.05, 3.63) is 22.7 Å². The van der Waals surface area contributed by atoms with Crippen molar-refractivity contribution in [3.63, 3.8) is 0 Å². The smallest absolute Gasteiger partial charge is 0.223 e. The van der Waals surface area contributed by atoms with E-state index in [0.717, 1.165) is 35.4 Å². The van der Waals surface area contributed by atoms with E-state index in [4.69, 9.17) is 0 Å². The number of fused-ring (bicyclic) bond motifs is 1. The van der Waals surface area contributed by atoms with Crippen molar-refractivity contribution in [2.75, 3.05) is 23.3 Å². The molecule has 0 atom stereocenters. The van der Waals surface area contributed by atoms with Crippen molar-refractivity contribution >= 4 is 33.2 Å². The molecular weight excluding hydrogens is 256 g/mol. The third-order valence-electron chi connectivity index (χ3n) is 2.51. The second-order valence-electron chi connectivity index (χ2n) is 3.59. The number of amides is 1. The molecule has 3 nitrogen and oxygen atoms in total. The van der Waals surface area contributed by atoms with Crippen molar-refractivity contribution in [1.29, 1.82) is 0 Å². The van der Waals surface area contributed by atoms with Crippen LogP contribution in [-0.2, 0) is 4.79 Å². The molecule has 1 aromatic rings. The highest BCUT2D eigenvalue weighted by Crippen LogP contribution is 2.35. The lowest BCUT2D eigenvalue weighted by Crippen LogP contribution is -2.29. The summed E-state index contributed by atoms with van der Waals surface area (Å²) in [4.78, 5) is 13.4. The maximum Gasteiger partial charge on any atom is 0.223 e. The van der Waals surface area contributed by atoms with Gasteiger partial charge in [-0.1, -0.05) is 6.07 Å². The number of para-hydroxylation sites is 1. The number of carbonyl (C=O) groups excluding carboxylic acids is 1. The summed E-state index contributed by atoms with van der Waals surface area (Å²) in [6, 6.07) is 5.93. The van der Waals surface area contributed by atoms with Gasteiger partial charge in [0.25, 0.3) is 0 Å². The Labute approximate surface area is 97.6 Å². The van der Waals surface area contributed by atoms with Gasteiger partial charge in [-0.3, -0.25) is 4.79 Å². The number of anilines is 2. The van der Waals surface area contributed by atoms with Crippen molar-refractivity contribution in [3.8, 4) is 0 Å². The number of hydrogen-bond acceptors (Lipinski definition) is 2. The van der Waals surface area contributed by atoms with Crippen LogP contribution in [0.4, 0.5) is 11.4 Å². The van der Waals surface area contributed by atoms with Crippen LogP contribution < -0.4 is 10.2 Å². The number of nitrogens with one attached hydrogen (secondary N) is 1. The van der Waals surface area contributed by atoms with Crippen LogP contribution in [0.15, 0.2) is 22.7 Å². The highest BCUT2D eigenvalue weighted by Gasteiger charge is 2.20. The Balaban J connectivity index is 2.51. The van der Waals surface area contributed by atoms with E-state index in [9.17, 15) is 4.79 Å². The van der Waals surface area contributed by atoms with Crippen molar-refractivity contribution < 1.29 is 4.79 Å². The Kier molecular flexibility index (Phi) is 2.95. The van der Waals surface area contributed by atoms with Gasteiger partial charge in [-0.05, 0) is 34.5 Å². The van der Waals surface area contributed by atoms with E-state index in [1.54, 1.807) is 6.92 Å². The fraction of sp³-hybridized carbons (Fsp3) is 0.364. The molecule has 1 aliphatic heterocycles. The first-order valence-corrected chi connectivity index (χ1v) is 5.80. The first kappa shape index (κ1) is 10.5. The van der Waals surface area contributed by atoms with Gasteiger partial charge in [0.05, 0.1) is 11.4 Å². The molecule has 1 aliphatic rings. The molecule has 0 spiro atoms. The molecule has 0 aliphatic carbocycles. The van der Waals surface area contributed by atoms with Crippen LogP contribution in [0.3, 0.4) is 0 Å². The zero-order valence-corrected chi connectivity index (χ0v) is 10.2.